The molecule has 1 aromatic carbocycles. The van der Waals surface area contributed by atoms with Gasteiger partial charge in [-0.05, 0) is 45.1 Å². The van der Waals surface area contributed by atoms with E-state index in [2.05, 4.69) is 4.99 Å². The molecule has 1 aliphatic heterocycles. The first-order chi connectivity index (χ1) is 14.4. The smallest absolute Gasteiger partial charge is 0.315 e. The van der Waals surface area contributed by atoms with Crippen molar-refractivity contribution in [3.05, 3.63) is 56.8 Å². The van der Waals surface area contributed by atoms with E-state index in [9.17, 15) is 14.9 Å². The molecule has 2 aliphatic rings. The number of hydrogen-bond acceptors (Lipinski definition) is 7. The molecule has 2 atom stereocenters. The number of rotatable bonds is 4. The number of anilines is 1. The highest BCUT2D eigenvalue weighted by Gasteiger charge is 2.43. The summed E-state index contributed by atoms with van der Waals surface area (Å²) >= 11 is 0. The number of ether oxygens (including phenoxy) is 1. The molecule has 4 rings (SSSR count). The molecular weight excluding hydrogens is 384 g/mol. The zero-order chi connectivity index (χ0) is 21.4. The number of carbonyl (C=O) groups excluding carboxylic acids is 1. The Morgan fingerprint density at radius 2 is 2.03 bits per heavy atom. The summed E-state index contributed by atoms with van der Waals surface area (Å²) < 4.78 is 5.32. The molecule has 0 amide bonds. The summed E-state index contributed by atoms with van der Waals surface area (Å²) in [6.07, 6.45) is 3.69. The van der Waals surface area contributed by atoms with Crippen LogP contribution < -0.4 is 5.73 Å². The summed E-state index contributed by atoms with van der Waals surface area (Å²) in [5, 5.41) is 11.8. The van der Waals surface area contributed by atoms with Gasteiger partial charge >= 0.3 is 5.97 Å². The number of aliphatic imine (C=N–C) groups is 1. The van der Waals surface area contributed by atoms with Gasteiger partial charge in [-0.15, -0.1) is 0 Å². The number of aryl methyl sites for hydroxylation is 1. The average molecular weight is 408 g/mol. The minimum atomic E-state index is -0.802. The van der Waals surface area contributed by atoms with Crippen LogP contribution in [-0.2, 0) is 22.4 Å². The van der Waals surface area contributed by atoms with Gasteiger partial charge in [0.2, 0.25) is 0 Å². The van der Waals surface area contributed by atoms with Crippen molar-refractivity contribution < 1.29 is 14.5 Å². The van der Waals surface area contributed by atoms with Crippen LogP contribution in [0.25, 0.3) is 0 Å². The normalized spacial score (nSPS) is 20.0. The molecule has 2 heterocycles. The topological polar surface area (TPSA) is 121 Å². The highest BCUT2D eigenvalue weighted by molar-refractivity contribution is 6.05. The molecule has 30 heavy (non-hydrogen) atoms. The lowest BCUT2D eigenvalue weighted by Crippen LogP contribution is -2.34. The number of fused-ring (bicyclic) bond motifs is 2. The number of nitro groups is 1. The van der Waals surface area contributed by atoms with E-state index in [1.807, 2.05) is 0 Å². The molecule has 2 N–H and O–H groups in total. The van der Waals surface area contributed by atoms with E-state index < -0.39 is 22.7 Å². The predicted octanol–water partition coefficient (Wildman–Crippen LogP) is 3.87. The number of aromatic nitrogens is 1. The highest BCUT2D eigenvalue weighted by Crippen LogP contribution is 2.49. The van der Waals surface area contributed by atoms with Crippen molar-refractivity contribution in [2.75, 3.05) is 12.3 Å². The maximum absolute atomic E-state index is 12.9. The number of nitrogens with zero attached hydrogens (tertiary/aromatic N) is 3. The minimum absolute atomic E-state index is 0.0606. The third-order valence-electron chi connectivity index (χ3n) is 5.92. The monoisotopic (exact) mass is 408 g/mol. The standard InChI is InChI=1S/C22H24N4O4/c1-3-30-22(27)17-12(2)24-21-19(20(23)13-8-4-6-10-15(13)25-21)18(17)14-9-5-7-11-16(14)26(28)29/h5,7,9,11,17-18H,3-4,6,8,10H2,1-2H3,(H2,23,25). The van der Waals surface area contributed by atoms with E-state index in [4.69, 9.17) is 15.5 Å². The Labute approximate surface area is 174 Å². The minimum Gasteiger partial charge on any atom is -0.465 e. The van der Waals surface area contributed by atoms with Crippen LogP contribution in [0.2, 0.25) is 0 Å². The lowest BCUT2D eigenvalue weighted by Gasteiger charge is -2.33. The first-order valence-corrected chi connectivity index (χ1v) is 10.2. The van der Waals surface area contributed by atoms with Crippen molar-refractivity contribution in [2.24, 2.45) is 10.9 Å². The van der Waals surface area contributed by atoms with Gasteiger partial charge in [0, 0.05) is 40.2 Å². The fraction of sp³-hybridized carbons (Fsp3) is 0.409. The van der Waals surface area contributed by atoms with Gasteiger partial charge in [0.05, 0.1) is 11.5 Å². The molecule has 8 nitrogen and oxygen atoms in total. The summed E-state index contributed by atoms with van der Waals surface area (Å²) in [5.74, 6) is -1.50. The van der Waals surface area contributed by atoms with Crippen molar-refractivity contribution in [1.82, 2.24) is 4.98 Å². The SMILES string of the molecule is CCOC(=O)C1C(C)=Nc2nc3c(c(N)c2C1c1ccccc1[N+](=O)[O-])CCCC3. The molecule has 0 saturated carbocycles. The van der Waals surface area contributed by atoms with Crippen LogP contribution in [0.3, 0.4) is 0 Å². The largest absolute Gasteiger partial charge is 0.465 e. The number of nitrogen functional groups attached to an aromatic ring is 1. The highest BCUT2D eigenvalue weighted by atomic mass is 16.6. The van der Waals surface area contributed by atoms with Crippen molar-refractivity contribution in [1.29, 1.82) is 0 Å². The molecular formula is C22H24N4O4. The lowest BCUT2D eigenvalue weighted by molar-refractivity contribution is -0.385. The Kier molecular flexibility index (Phi) is 5.24. The molecule has 0 bridgehead atoms. The lowest BCUT2D eigenvalue weighted by atomic mass is 9.74. The summed E-state index contributed by atoms with van der Waals surface area (Å²) in [6, 6.07) is 6.46. The number of carbonyl (C=O) groups is 1. The third kappa shape index (κ3) is 3.22. The Bertz CT molecular complexity index is 1060. The van der Waals surface area contributed by atoms with Crippen LogP contribution in [0, 0.1) is 16.0 Å². The van der Waals surface area contributed by atoms with Crippen LogP contribution in [0.4, 0.5) is 17.2 Å². The maximum Gasteiger partial charge on any atom is 0.315 e. The van der Waals surface area contributed by atoms with Crippen LogP contribution in [0.1, 0.15) is 55.0 Å². The Morgan fingerprint density at radius 1 is 1.30 bits per heavy atom. The van der Waals surface area contributed by atoms with Crippen LogP contribution in [0.5, 0.6) is 0 Å². The fourth-order valence-corrected chi connectivity index (χ4v) is 4.60. The Hall–Kier alpha value is -3.29. The maximum atomic E-state index is 12.9. The fourth-order valence-electron chi connectivity index (χ4n) is 4.60. The van der Waals surface area contributed by atoms with Gasteiger partial charge in [-0.1, -0.05) is 18.2 Å². The van der Waals surface area contributed by atoms with Gasteiger partial charge in [-0.3, -0.25) is 14.9 Å². The molecule has 0 radical (unpaired) electrons. The van der Waals surface area contributed by atoms with E-state index in [1.54, 1.807) is 32.0 Å². The first kappa shape index (κ1) is 20.0. The number of nitro benzene ring substituents is 1. The van der Waals surface area contributed by atoms with E-state index in [-0.39, 0.29) is 12.3 Å². The molecule has 156 valence electrons. The quantitative estimate of drug-likeness (QED) is 0.466. The molecule has 2 unspecified atom stereocenters. The van der Waals surface area contributed by atoms with E-state index in [1.165, 1.54) is 6.07 Å². The number of benzene rings is 1. The zero-order valence-corrected chi connectivity index (χ0v) is 17.1. The second-order valence-electron chi connectivity index (χ2n) is 7.67. The van der Waals surface area contributed by atoms with Gasteiger partial charge in [0.15, 0.2) is 5.82 Å². The molecule has 0 fully saturated rings. The van der Waals surface area contributed by atoms with Gasteiger partial charge in [-0.25, -0.2) is 9.98 Å². The third-order valence-corrected chi connectivity index (χ3v) is 5.92. The zero-order valence-electron chi connectivity index (χ0n) is 17.1. The molecule has 1 aromatic heterocycles. The van der Waals surface area contributed by atoms with Gasteiger partial charge in [0.25, 0.3) is 5.69 Å². The number of hydrogen-bond donors (Lipinski definition) is 1. The number of pyridine rings is 1. The summed E-state index contributed by atoms with van der Waals surface area (Å²) in [7, 11) is 0. The second kappa shape index (κ2) is 7.85. The van der Waals surface area contributed by atoms with Crippen molar-refractivity contribution in [2.45, 2.75) is 45.4 Å². The summed E-state index contributed by atoms with van der Waals surface area (Å²) in [6.45, 7) is 3.67. The average Bonchev–Trinajstić information content (AvgIpc) is 2.73. The van der Waals surface area contributed by atoms with E-state index in [0.717, 1.165) is 36.9 Å². The van der Waals surface area contributed by atoms with Gasteiger partial charge in [0.1, 0.15) is 5.92 Å². The van der Waals surface area contributed by atoms with Crippen molar-refractivity contribution in [3.8, 4) is 0 Å². The van der Waals surface area contributed by atoms with Gasteiger partial charge < -0.3 is 10.5 Å². The van der Waals surface area contributed by atoms with E-state index in [0.29, 0.717) is 28.3 Å². The summed E-state index contributed by atoms with van der Waals surface area (Å²) in [4.78, 5) is 33.7. The molecule has 2 aromatic rings. The van der Waals surface area contributed by atoms with Crippen molar-refractivity contribution in [3.63, 3.8) is 0 Å². The second-order valence-corrected chi connectivity index (χ2v) is 7.67. The Morgan fingerprint density at radius 3 is 2.77 bits per heavy atom. The molecule has 1 aliphatic carbocycles. The predicted molar refractivity (Wildman–Crippen MR) is 113 cm³/mol. The van der Waals surface area contributed by atoms with Crippen LogP contribution in [-0.4, -0.2) is 28.2 Å². The Balaban J connectivity index is 2.01. The number of nitrogens with two attached hydrogens (primary N) is 1. The van der Waals surface area contributed by atoms with Crippen molar-refractivity contribution >= 4 is 28.9 Å². The molecule has 8 heteroatoms. The number of esters is 1. The molecule has 0 saturated heterocycles. The first-order valence-electron chi connectivity index (χ1n) is 10.2. The van der Waals surface area contributed by atoms with Crippen LogP contribution in [0.15, 0.2) is 29.3 Å². The van der Waals surface area contributed by atoms with E-state index >= 15 is 0 Å². The van der Waals surface area contributed by atoms with Gasteiger partial charge in [-0.2, -0.15) is 0 Å². The van der Waals surface area contributed by atoms with Crippen LogP contribution >= 0.6 is 0 Å². The summed E-state index contributed by atoms with van der Waals surface area (Å²) in [5.41, 5.74) is 10.6. The molecule has 0 spiro atoms. The number of para-hydroxylation sites is 1.